The highest BCUT2D eigenvalue weighted by Gasteiger charge is 2.19. The van der Waals surface area contributed by atoms with E-state index in [4.69, 9.17) is 10.00 Å². The van der Waals surface area contributed by atoms with E-state index < -0.39 is 0 Å². The lowest BCUT2D eigenvalue weighted by Gasteiger charge is -2.26. The molecular formula is C16H22N2O2. The van der Waals surface area contributed by atoms with E-state index in [1.807, 2.05) is 30.3 Å². The first kappa shape index (κ1) is 14.8. The fourth-order valence-electron chi connectivity index (χ4n) is 2.73. The second kappa shape index (κ2) is 7.88. The van der Waals surface area contributed by atoms with Gasteiger partial charge in [-0.15, -0.1) is 0 Å². The number of nitrogens with zero attached hydrogens (tertiary/aromatic N) is 1. The number of nitriles is 1. The lowest BCUT2D eigenvalue weighted by atomic mass is 9.87. The summed E-state index contributed by atoms with van der Waals surface area (Å²) in [4.78, 5) is 0. The molecule has 2 unspecified atom stereocenters. The van der Waals surface area contributed by atoms with Crippen LogP contribution in [0.4, 0.5) is 0 Å². The molecule has 108 valence electrons. The molecule has 1 fully saturated rings. The van der Waals surface area contributed by atoms with Gasteiger partial charge in [0.1, 0.15) is 11.8 Å². The van der Waals surface area contributed by atoms with Gasteiger partial charge in [-0.05, 0) is 49.4 Å². The maximum absolute atomic E-state index is 9.64. The second-order valence-corrected chi connectivity index (χ2v) is 5.41. The molecule has 4 nitrogen and oxygen atoms in total. The van der Waals surface area contributed by atoms with Gasteiger partial charge < -0.3 is 15.2 Å². The number of rotatable bonds is 6. The fourth-order valence-corrected chi connectivity index (χ4v) is 2.73. The molecule has 0 saturated heterocycles. The van der Waals surface area contributed by atoms with Gasteiger partial charge >= 0.3 is 0 Å². The summed E-state index contributed by atoms with van der Waals surface area (Å²) < 4.78 is 5.28. The van der Waals surface area contributed by atoms with Crippen LogP contribution in [0.25, 0.3) is 0 Å². The van der Waals surface area contributed by atoms with Crippen molar-refractivity contribution in [3.8, 4) is 11.8 Å². The van der Waals surface area contributed by atoms with E-state index in [0.29, 0.717) is 5.92 Å². The van der Waals surface area contributed by atoms with Gasteiger partial charge in [0.2, 0.25) is 0 Å². The summed E-state index contributed by atoms with van der Waals surface area (Å²) in [5.74, 6) is 1.32. The Morgan fingerprint density at radius 2 is 2.30 bits per heavy atom. The van der Waals surface area contributed by atoms with E-state index in [1.54, 1.807) is 0 Å². The molecule has 20 heavy (non-hydrogen) atoms. The molecule has 2 rings (SSSR count). The van der Waals surface area contributed by atoms with Crippen LogP contribution in [-0.2, 0) is 6.54 Å². The van der Waals surface area contributed by atoms with E-state index in [2.05, 4.69) is 5.32 Å². The van der Waals surface area contributed by atoms with Crippen LogP contribution >= 0.6 is 0 Å². The first-order chi connectivity index (χ1) is 9.78. The van der Waals surface area contributed by atoms with Gasteiger partial charge in [0.25, 0.3) is 0 Å². The zero-order valence-corrected chi connectivity index (χ0v) is 11.7. The molecule has 1 aliphatic carbocycles. The number of aliphatic hydroxyl groups is 1. The van der Waals surface area contributed by atoms with E-state index >= 15 is 0 Å². The van der Waals surface area contributed by atoms with E-state index in [-0.39, 0.29) is 12.7 Å². The molecule has 1 aromatic rings. The molecule has 0 aromatic heterocycles. The molecule has 0 amide bonds. The zero-order chi connectivity index (χ0) is 14.2. The number of benzene rings is 1. The number of hydrogen-bond donors (Lipinski definition) is 2. The Hall–Kier alpha value is -1.57. The lowest BCUT2D eigenvalue weighted by Crippen LogP contribution is -2.28. The Kier molecular flexibility index (Phi) is 5.85. The molecule has 0 heterocycles. The predicted octanol–water partition coefficient (Wildman–Crippen LogP) is 2.23. The maximum Gasteiger partial charge on any atom is 0.174 e. The molecule has 1 saturated carbocycles. The van der Waals surface area contributed by atoms with Crippen molar-refractivity contribution in [2.45, 2.75) is 38.3 Å². The van der Waals surface area contributed by atoms with Crippen LogP contribution in [0.15, 0.2) is 24.3 Å². The molecule has 0 aliphatic heterocycles. The van der Waals surface area contributed by atoms with E-state index in [0.717, 1.165) is 43.7 Å². The van der Waals surface area contributed by atoms with Crippen LogP contribution < -0.4 is 10.1 Å². The summed E-state index contributed by atoms with van der Waals surface area (Å²) in [5, 5.41) is 21.6. The Bertz CT molecular complexity index is 456. The van der Waals surface area contributed by atoms with Crippen molar-refractivity contribution in [2.24, 2.45) is 5.92 Å². The molecule has 1 aromatic carbocycles. The maximum atomic E-state index is 9.64. The summed E-state index contributed by atoms with van der Waals surface area (Å²) in [7, 11) is 0. The number of nitrogens with one attached hydrogen (secondary N) is 1. The van der Waals surface area contributed by atoms with Crippen LogP contribution in [0.3, 0.4) is 0 Å². The van der Waals surface area contributed by atoms with E-state index in [9.17, 15) is 5.11 Å². The van der Waals surface area contributed by atoms with Gasteiger partial charge in [0.05, 0.1) is 6.10 Å². The highest BCUT2D eigenvalue weighted by molar-refractivity contribution is 5.28. The van der Waals surface area contributed by atoms with Crippen LogP contribution in [0.2, 0.25) is 0 Å². The molecule has 0 bridgehead atoms. The van der Waals surface area contributed by atoms with Crippen LogP contribution in [0.1, 0.15) is 31.2 Å². The van der Waals surface area contributed by atoms with Crippen LogP contribution in [0, 0.1) is 17.2 Å². The van der Waals surface area contributed by atoms with Crippen molar-refractivity contribution in [2.75, 3.05) is 13.2 Å². The average molecular weight is 274 g/mol. The largest absolute Gasteiger partial charge is 0.479 e. The van der Waals surface area contributed by atoms with Gasteiger partial charge in [-0.1, -0.05) is 18.6 Å². The van der Waals surface area contributed by atoms with Crippen molar-refractivity contribution in [3.63, 3.8) is 0 Å². The Balaban J connectivity index is 1.74. The summed E-state index contributed by atoms with van der Waals surface area (Å²) in [6.45, 7) is 1.81. The van der Waals surface area contributed by atoms with Crippen molar-refractivity contribution in [1.82, 2.24) is 5.32 Å². The van der Waals surface area contributed by atoms with Gasteiger partial charge in [0, 0.05) is 6.54 Å². The zero-order valence-electron chi connectivity index (χ0n) is 11.7. The van der Waals surface area contributed by atoms with Gasteiger partial charge in [0.15, 0.2) is 6.61 Å². The van der Waals surface area contributed by atoms with Crippen molar-refractivity contribution in [1.29, 1.82) is 5.26 Å². The minimum atomic E-state index is -0.113. The normalized spacial score (nSPS) is 22.2. The van der Waals surface area contributed by atoms with Crippen molar-refractivity contribution < 1.29 is 9.84 Å². The molecule has 0 spiro atoms. The molecule has 0 radical (unpaired) electrons. The quantitative estimate of drug-likeness (QED) is 0.835. The van der Waals surface area contributed by atoms with Crippen LogP contribution in [-0.4, -0.2) is 24.4 Å². The molecule has 2 atom stereocenters. The standard InChI is InChI=1S/C16H22N2O2/c17-7-8-20-16-6-2-4-14(10-16)12-18-11-13-3-1-5-15(19)9-13/h2,4,6,10,13,15,18-19H,1,3,5,8-9,11-12H2. The predicted molar refractivity (Wildman–Crippen MR) is 77.2 cm³/mol. The number of aliphatic hydroxyl groups excluding tert-OH is 1. The third-order valence-electron chi connectivity index (χ3n) is 3.72. The van der Waals surface area contributed by atoms with Gasteiger partial charge in [-0.3, -0.25) is 0 Å². The highest BCUT2D eigenvalue weighted by Crippen LogP contribution is 2.23. The molecule has 2 N–H and O–H groups in total. The fraction of sp³-hybridized carbons (Fsp3) is 0.562. The minimum absolute atomic E-state index is 0.0802. The topological polar surface area (TPSA) is 65.3 Å². The molecule has 1 aliphatic rings. The second-order valence-electron chi connectivity index (χ2n) is 5.41. The smallest absolute Gasteiger partial charge is 0.174 e. The monoisotopic (exact) mass is 274 g/mol. The first-order valence-corrected chi connectivity index (χ1v) is 7.25. The summed E-state index contributed by atoms with van der Waals surface area (Å²) >= 11 is 0. The Labute approximate surface area is 120 Å². The SMILES string of the molecule is N#CCOc1cccc(CNCC2CCCC(O)C2)c1. The van der Waals surface area contributed by atoms with Gasteiger partial charge in [-0.2, -0.15) is 5.26 Å². The third kappa shape index (κ3) is 4.84. The Morgan fingerprint density at radius 3 is 3.10 bits per heavy atom. The number of ether oxygens (including phenoxy) is 1. The third-order valence-corrected chi connectivity index (χ3v) is 3.72. The van der Waals surface area contributed by atoms with Crippen LogP contribution in [0.5, 0.6) is 5.75 Å². The number of hydrogen-bond acceptors (Lipinski definition) is 4. The lowest BCUT2D eigenvalue weighted by molar-refractivity contribution is 0.101. The highest BCUT2D eigenvalue weighted by atomic mass is 16.5. The first-order valence-electron chi connectivity index (χ1n) is 7.25. The summed E-state index contributed by atoms with van der Waals surface area (Å²) in [5.41, 5.74) is 1.15. The molecule has 4 heteroatoms. The molecular weight excluding hydrogens is 252 g/mol. The van der Waals surface area contributed by atoms with Crippen molar-refractivity contribution >= 4 is 0 Å². The summed E-state index contributed by atoms with van der Waals surface area (Å²) in [6, 6.07) is 9.76. The average Bonchev–Trinajstić information content (AvgIpc) is 2.46. The van der Waals surface area contributed by atoms with E-state index in [1.165, 1.54) is 6.42 Å². The minimum Gasteiger partial charge on any atom is -0.479 e. The van der Waals surface area contributed by atoms with Crippen molar-refractivity contribution in [3.05, 3.63) is 29.8 Å². The Morgan fingerprint density at radius 1 is 1.40 bits per heavy atom. The van der Waals surface area contributed by atoms with Gasteiger partial charge in [-0.25, -0.2) is 0 Å². The summed E-state index contributed by atoms with van der Waals surface area (Å²) in [6.07, 6.45) is 4.09.